The predicted octanol–water partition coefficient (Wildman–Crippen LogP) is 4.36. The fourth-order valence-corrected chi connectivity index (χ4v) is 2.26. The SMILES string of the molecule is C=CC(=O)OC(CCO)OCCCCCCCCCCCC. The summed E-state index contributed by atoms with van der Waals surface area (Å²) in [6.45, 7) is 6.08. The summed E-state index contributed by atoms with van der Waals surface area (Å²) < 4.78 is 10.5. The van der Waals surface area contributed by atoms with Crippen LogP contribution in [0.5, 0.6) is 0 Å². The summed E-state index contributed by atoms with van der Waals surface area (Å²) in [6.07, 6.45) is 13.5. The lowest BCUT2D eigenvalue weighted by Gasteiger charge is -2.16. The summed E-state index contributed by atoms with van der Waals surface area (Å²) in [5.74, 6) is -0.512. The van der Waals surface area contributed by atoms with Gasteiger partial charge in [-0.25, -0.2) is 4.79 Å². The number of unbranched alkanes of at least 4 members (excludes halogenated alkanes) is 9. The molecule has 0 aromatic rings. The van der Waals surface area contributed by atoms with Crippen LogP contribution < -0.4 is 0 Å². The highest BCUT2D eigenvalue weighted by Crippen LogP contribution is 2.11. The average Bonchev–Trinajstić information content (AvgIpc) is 2.52. The fourth-order valence-electron chi connectivity index (χ4n) is 2.26. The summed E-state index contributed by atoms with van der Waals surface area (Å²) in [6, 6.07) is 0. The molecule has 0 aliphatic rings. The Balaban J connectivity index is 3.41. The Morgan fingerprint density at radius 2 is 1.59 bits per heavy atom. The average molecular weight is 314 g/mol. The number of carbonyl (C=O) groups excluding carboxylic acids is 1. The molecule has 0 fully saturated rings. The summed E-state index contributed by atoms with van der Waals surface area (Å²) in [7, 11) is 0. The number of esters is 1. The van der Waals surface area contributed by atoms with Gasteiger partial charge in [-0.2, -0.15) is 0 Å². The Labute approximate surface area is 135 Å². The van der Waals surface area contributed by atoms with Gasteiger partial charge in [-0.05, 0) is 6.42 Å². The molecule has 0 heterocycles. The molecular weight excluding hydrogens is 280 g/mol. The van der Waals surface area contributed by atoms with Crippen LogP contribution in [0.1, 0.15) is 77.6 Å². The number of ether oxygens (including phenoxy) is 2. The summed E-state index contributed by atoms with van der Waals surface area (Å²) >= 11 is 0. The zero-order valence-corrected chi connectivity index (χ0v) is 14.2. The molecule has 130 valence electrons. The third kappa shape index (κ3) is 14.1. The van der Waals surface area contributed by atoms with E-state index in [1.807, 2.05) is 0 Å². The molecule has 0 saturated carbocycles. The van der Waals surface area contributed by atoms with Crippen molar-refractivity contribution in [3.63, 3.8) is 0 Å². The first-order valence-corrected chi connectivity index (χ1v) is 8.80. The highest BCUT2D eigenvalue weighted by Gasteiger charge is 2.11. The zero-order valence-electron chi connectivity index (χ0n) is 14.2. The second-order valence-electron chi connectivity index (χ2n) is 5.64. The van der Waals surface area contributed by atoms with Crippen LogP contribution in [0.25, 0.3) is 0 Å². The van der Waals surface area contributed by atoms with E-state index in [0.717, 1.165) is 18.9 Å². The monoisotopic (exact) mass is 314 g/mol. The van der Waals surface area contributed by atoms with Crippen LogP contribution in [0.3, 0.4) is 0 Å². The predicted molar refractivity (Wildman–Crippen MR) is 89.6 cm³/mol. The minimum Gasteiger partial charge on any atom is -0.433 e. The molecule has 0 amide bonds. The van der Waals surface area contributed by atoms with E-state index in [-0.39, 0.29) is 6.61 Å². The lowest BCUT2D eigenvalue weighted by atomic mass is 10.1. The maximum atomic E-state index is 11.1. The van der Waals surface area contributed by atoms with Crippen molar-refractivity contribution in [1.29, 1.82) is 0 Å². The largest absolute Gasteiger partial charge is 0.433 e. The molecule has 0 rings (SSSR count). The maximum Gasteiger partial charge on any atom is 0.332 e. The zero-order chi connectivity index (χ0) is 16.5. The van der Waals surface area contributed by atoms with Gasteiger partial charge in [0.1, 0.15) is 0 Å². The van der Waals surface area contributed by atoms with Crippen molar-refractivity contribution in [3.05, 3.63) is 12.7 Å². The van der Waals surface area contributed by atoms with Crippen LogP contribution >= 0.6 is 0 Å². The van der Waals surface area contributed by atoms with Crippen molar-refractivity contribution in [2.75, 3.05) is 13.2 Å². The van der Waals surface area contributed by atoms with Gasteiger partial charge in [0.2, 0.25) is 6.29 Å². The van der Waals surface area contributed by atoms with Gasteiger partial charge < -0.3 is 14.6 Å². The smallest absolute Gasteiger partial charge is 0.332 e. The first-order valence-electron chi connectivity index (χ1n) is 8.80. The first kappa shape index (κ1) is 21.1. The van der Waals surface area contributed by atoms with Gasteiger partial charge in [0, 0.05) is 19.1 Å². The van der Waals surface area contributed by atoms with E-state index in [9.17, 15) is 4.79 Å². The van der Waals surface area contributed by atoms with Crippen molar-refractivity contribution in [2.24, 2.45) is 0 Å². The molecule has 0 aromatic heterocycles. The van der Waals surface area contributed by atoms with Crippen molar-refractivity contribution in [1.82, 2.24) is 0 Å². The van der Waals surface area contributed by atoms with E-state index in [0.29, 0.717) is 13.0 Å². The molecule has 0 spiro atoms. The fraction of sp³-hybridized carbons (Fsp3) is 0.833. The molecular formula is C18H34O4. The normalized spacial score (nSPS) is 12.1. The van der Waals surface area contributed by atoms with E-state index in [2.05, 4.69) is 13.5 Å². The summed E-state index contributed by atoms with van der Waals surface area (Å²) in [5, 5.41) is 8.90. The Kier molecular flexibility index (Phi) is 15.8. The van der Waals surface area contributed by atoms with Gasteiger partial charge in [0.05, 0.1) is 6.61 Å². The number of carbonyl (C=O) groups is 1. The minimum absolute atomic E-state index is 0.0624. The van der Waals surface area contributed by atoms with Gasteiger partial charge in [-0.15, -0.1) is 0 Å². The van der Waals surface area contributed by atoms with E-state index >= 15 is 0 Å². The lowest BCUT2D eigenvalue weighted by molar-refractivity contribution is -0.176. The second kappa shape index (κ2) is 16.5. The first-order chi connectivity index (χ1) is 10.7. The molecule has 0 radical (unpaired) electrons. The molecule has 22 heavy (non-hydrogen) atoms. The van der Waals surface area contributed by atoms with Crippen LogP contribution in [-0.4, -0.2) is 30.6 Å². The molecule has 0 aromatic carbocycles. The van der Waals surface area contributed by atoms with Gasteiger partial charge in [-0.3, -0.25) is 0 Å². The Hall–Kier alpha value is -0.870. The summed E-state index contributed by atoms with van der Waals surface area (Å²) in [5.41, 5.74) is 0. The van der Waals surface area contributed by atoms with Gasteiger partial charge in [0.15, 0.2) is 0 Å². The van der Waals surface area contributed by atoms with Crippen molar-refractivity contribution < 1.29 is 19.4 Å². The van der Waals surface area contributed by atoms with Crippen LogP contribution in [0, 0.1) is 0 Å². The molecule has 1 atom stereocenters. The Bertz CT molecular complexity index is 266. The van der Waals surface area contributed by atoms with Crippen molar-refractivity contribution in [3.8, 4) is 0 Å². The van der Waals surface area contributed by atoms with Crippen LogP contribution in [0.15, 0.2) is 12.7 Å². The number of hydrogen-bond donors (Lipinski definition) is 1. The van der Waals surface area contributed by atoms with E-state index in [4.69, 9.17) is 14.6 Å². The van der Waals surface area contributed by atoms with Crippen LogP contribution in [0.2, 0.25) is 0 Å². The third-order valence-corrected chi connectivity index (χ3v) is 3.58. The highest BCUT2D eigenvalue weighted by molar-refractivity contribution is 5.81. The standard InChI is InChI=1S/C18H34O4/c1-3-5-6-7-8-9-10-11-12-13-16-21-18(14-15-19)22-17(20)4-2/h4,18-19H,2-3,5-16H2,1H3. The van der Waals surface area contributed by atoms with Crippen molar-refractivity contribution >= 4 is 5.97 Å². The number of aliphatic hydroxyl groups is 1. The molecule has 0 aliphatic carbocycles. The quantitative estimate of drug-likeness (QED) is 0.199. The number of aliphatic hydroxyl groups excluding tert-OH is 1. The minimum atomic E-state index is -0.658. The number of rotatable bonds is 16. The van der Waals surface area contributed by atoms with E-state index in [1.54, 1.807) is 0 Å². The van der Waals surface area contributed by atoms with E-state index < -0.39 is 12.3 Å². The van der Waals surface area contributed by atoms with E-state index in [1.165, 1.54) is 51.4 Å². The van der Waals surface area contributed by atoms with Crippen LogP contribution in [0.4, 0.5) is 0 Å². The third-order valence-electron chi connectivity index (χ3n) is 3.58. The Morgan fingerprint density at radius 3 is 2.09 bits per heavy atom. The van der Waals surface area contributed by atoms with Gasteiger partial charge in [0.25, 0.3) is 0 Å². The molecule has 0 saturated heterocycles. The molecule has 4 nitrogen and oxygen atoms in total. The number of hydrogen-bond acceptors (Lipinski definition) is 4. The highest BCUT2D eigenvalue weighted by atomic mass is 16.7. The second-order valence-corrected chi connectivity index (χ2v) is 5.64. The molecule has 4 heteroatoms. The Morgan fingerprint density at radius 1 is 1.05 bits per heavy atom. The topological polar surface area (TPSA) is 55.8 Å². The maximum absolute atomic E-state index is 11.1. The lowest BCUT2D eigenvalue weighted by Crippen LogP contribution is -2.22. The van der Waals surface area contributed by atoms with Crippen LogP contribution in [-0.2, 0) is 14.3 Å². The molecule has 0 bridgehead atoms. The van der Waals surface area contributed by atoms with Gasteiger partial charge >= 0.3 is 5.97 Å². The summed E-state index contributed by atoms with van der Waals surface area (Å²) in [4.78, 5) is 11.1. The molecule has 1 unspecified atom stereocenters. The van der Waals surface area contributed by atoms with Gasteiger partial charge in [-0.1, -0.05) is 71.3 Å². The molecule has 1 N–H and O–H groups in total. The van der Waals surface area contributed by atoms with Crippen molar-refractivity contribution in [2.45, 2.75) is 83.8 Å². The molecule has 0 aliphatic heterocycles.